The van der Waals surface area contributed by atoms with Crippen molar-refractivity contribution in [2.75, 3.05) is 6.54 Å². The SMILES string of the molecule is CCNCc1cc(C)c(-c2cccc(C)c2)s1. The van der Waals surface area contributed by atoms with Crippen LogP contribution in [0.25, 0.3) is 10.4 Å². The molecular formula is C15H19NS. The molecule has 0 spiro atoms. The van der Waals surface area contributed by atoms with Crippen molar-refractivity contribution in [3.63, 3.8) is 0 Å². The van der Waals surface area contributed by atoms with E-state index in [1.54, 1.807) is 0 Å². The highest BCUT2D eigenvalue weighted by atomic mass is 32.1. The molecule has 0 unspecified atom stereocenters. The maximum atomic E-state index is 3.38. The van der Waals surface area contributed by atoms with E-state index >= 15 is 0 Å². The Balaban J connectivity index is 2.29. The molecular weight excluding hydrogens is 226 g/mol. The molecule has 1 nitrogen and oxygen atoms in total. The minimum Gasteiger partial charge on any atom is -0.312 e. The van der Waals surface area contributed by atoms with Crippen molar-refractivity contribution in [1.29, 1.82) is 0 Å². The topological polar surface area (TPSA) is 12.0 Å². The number of hydrogen-bond acceptors (Lipinski definition) is 2. The summed E-state index contributed by atoms with van der Waals surface area (Å²) in [4.78, 5) is 2.82. The van der Waals surface area contributed by atoms with Gasteiger partial charge in [0.25, 0.3) is 0 Å². The lowest BCUT2D eigenvalue weighted by atomic mass is 10.1. The van der Waals surface area contributed by atoms with Crippen LogP contribution in [0.3, 0.4) is 0 Å². The predicted octanol–water partition coefficient (Wildman–Crippen LogP) is 4.14. The van der Waals surface area contributed by atoms with E-state index in [2.05, 4.69) is 56.4 Å². The summed E-state index contributed by atoms with van der Waals surface area (Å²) < 4.78 is 0. The van der Waals surface area contributed by atoms with Crippen molar-refractivity contribution in [1.82, 2.24) is 5.32 Å². The van der Waals surface area contributed by atoms with Gasteiger partial charge in [0.05, 0.1) is 0 Å². The van der Waals surface area contributed by atoms with E-state index in [1.165, 1.54) is 26.4 Å². The second-order valence-electron chi connectivity index (χ2n) is 4.37. The molecule has 0 aliphatic heterocycles. The maximum absolute atomic E-state index is 3.38. The molecule has 0 saturated carbocycles. The second kappa shape index (κ2) is 5.48. The van der Waals surface area contributed by atoms with E-state index < -0.39 is 0 Å². The first-order valence-electron chi connectivity index (χ1n) is 6.07. The number of hydrogen-bond donors (Lipinski definition) is 1. The number of rotatable bonds is 4. The fraction of sp³-hybridized carbons (Fsp3) is 0.333. The molecule has 2 heteroatoms. The Labute approximate surface area is 108 Å². The Morgan fingerprint density at radius 3 is 2.71 bits per heavy atom. The summed E-state index contributed by atoms with van der Waals surface area (Å²) in [6.07, 6.45) is 0. The molecule has 0 bridgehead atoms. The summed E-state index contributed by atoms with van der Waals surface area (Å²) in [5.41, 5.74) is 4.05. The fourth-order valence-electron chi connectivity index (χ4n) is 1.96. The predicted molar refractivity (Wildman–Crippen MR) is 76.6 cm³/mol. The van der Waals surface area contributed by atoms with Gasteiger partial charge in [0.1, 0.15) is 0 Å². The minimum atomic E-state index is 0.980. The quantitative estimate of drug-likeness (QED) is 0.853. The number of nitrogens with one attached hydrogen (secondary N) is 1. The highest BCUT2D eigenvalue weighted by Crippen LogP contribution is 2.32. The Morgan fingerprint density at radius 1 is 1.18 bits per heavy atom. The molecule has 17 heavy (non-hydrogen) atoms. The molecule has 0 aliphatic rings. The summed E-state index contributed by atoms with van der Waals surface area (Å²) in [5.74, 6) is 0. The molecule has 0 radical (unpaired) electrons. The average Bonchev–Trinajstić information content (AvgIpc) is 2.68. The van der Waals surface area contributed by atoms with Gasteiger partial charge in [0.2, 0.25) is 0 Å². The summed E-state index contributed by atoms with van der Waals surface area (Å²) >= 11 is 1.90. The van der Waals surface area contributed by atoms with Crippen LogP contribution in [0, 0.1) is 13.8 Å². The highest BCUT2D eigenvalue weighted by molar-refractivity contribution is 7.15. The van der Waals surface area contributed by atoms with Crippen molar-refractivity contribution in [2.45, 2.75) is 27.3 Å². The molecule has 2 aromatic rings. The van der Waals surface area contributed by atoms with Gasteiger partial charge in [0.15, 0.2) is 0 Å². The second-order valence-corrected chi connectivity index (χ2v) is 5.51. The van der Waals surface area contributed by atoms with Gasteiger partial charge in [-0.15, -0.1) is 11.3 Å². The van der Waals surface area contributed by atoms with Crippen LogP contribution >= 0.6 is 11.3 Å². The zero-order chi connectivity index (χ0) is 12.3. The monoisotopic (exact) mass is 245 g/mol. The summed E-state index contributed by atoms with van der Waals surface area (Å²) in [7, 11) is 0. The van der Waals surface area contributed by atoms with Gasteiger partial charge in [0, 0.05) is 16.3 Å². The zero-order valence-corrected chi connectivity index (χ0v) is 11.5. The number of aryl methyl sites for hydroxylation is 2. The van der Waals surface area contributed by atoms with E-state index in [4.69, 9.17) is 0 Å². The standard InChI is InChI=1S/C15H19NS/c1-4-16-10-14-9-12(3)15(17-14)13-7-5-6-11(2)8-13/h5-9,16H,4,10H2,1-3H3. The van der Waals surface area contributed by atoms with Crippen molar-refractivity contribution in [3.05, 3.63) is 46.3 Å². The normalized spacial score (nSPS) is 10.8. The van der Waals surface area contributed by atoms with Crippen LogP contribution in [-0.2, 0) is 6.54 Å². The van der Waals surface area contributed by atoms with Gasteiger partial charge in [-0.1, -0.05) is 36.8 Å². The zero-order valence-electron chi connectivity index (χ0n) is 10.7. The molecule has 90 valence electrons. The van der Waals surface area contributed by atoms with E-state index in [-0.39, 0.29) is 0 Å². The first kappa shape index (κ1) is 12.3. The van der Waals surface area contributed by atoms with Crippen molar-refractivity contribution in [2.24, 2.45) is 0 Å². The molecule has 1 N–H and O–H groups in total. The molecule has 1 heterocycles. The summed E-state index contributed by atoms with van der Waals surface area (Å²) in [6, 6.07) is 11.0. The van der Waals surface area contributed by atoms with Crippen LogP contribution in [-0.4, -0.2) is 6.54 Å². The molecule has 1 aromatic heterocycles. The van der Waals surface area contributed by atoms with E-state index in [0.717, 1.165) is 13.1 Å². The molecule has 0 fully saturated rings. The van der Waals surface area contributed by atoms with E-state index in [1.807, 2.05) is 11.3 Å². The third-order valence-corrected chi connectivity index (χ3v) is 4.08. The van der Waals surface area contributed by atoms with Crippen LogP contribution in [0.15, 0.2) is 30.3 Å². The Hall–Kier alpha value is -1.12. The van der Waals surface area contributed by atoms with Crippen molar-refractivity contribution < 1.29 is 0 Å². The van der Waals surface area contributed by atoms with Gasteiger partial charge in [-0.3, -0.25) is 0 Å². The highest BCUT2D eigenvalue weighted by Gasteiger charge is 2.07. The van der Waals surface area contributed by atoms with Crippen LogP contribution in [0.4, 0.5) is 0 Å². The number of thiophene rings is 1. The van der Waals surface area contributed by atoms with Crippen molar-refractivity contribution >= 4 is 11.3 Å². The van der Waals surface area contributed by atoms with Crippen molar-refractivity contribution in [3.8, 4) is 10.4 Å². The Morgan fingerprint density at radius 2 is 2.00 bits per heavy atom. The molecule has 0 aliphatic carbocycles. The molecule has 1 aromatic carbocycles. The van der Waals surface area contributed by atoms with Crippen LogP contribution in [0.5, 0.6) is 0 Å². The first-order valence-corrected chi connectivity index (χ1v) is 6.89. The lowest BCUT2D eigenvalue weighted by Gasteiger charge is -2.01. The van der Waals surface area contributed by atoms with Crippen LogP contribution in [0.1, 0.15) is 22.9 Å². The lowest BCUT2D eigenvalue weighted by Crippen LogP contribution is -2.10. The van der Waals surface area contributed by atoms with Crippen LogP contribution < -0.4 is 5.32 Å². The largest absolute Gasteiger partial charge is 0.312 e. The molecule has 0 saturated heterocycles. The Bertz CT molecular complexity index is 499. The number of benzene rings is 1. The van der Waals surface area contributed by atoms with Gasteiger partial charge >= 0.3 is 0 Å². The summed E-state index contributed by atoms with van der Waals surface area (Å²) in [5, 5.41) is 3.38. The molecule has 0 amide bonds. The van der Waals surface area contributed by atoms with Gasteiger partial charge in [-0.2, -0.15) is 0 Å². The van der Waals surface area contributed by atoms with E-state index in [0.29, 0.717) is 0 Å². The first-order chi connectivity index (χ1) is 8.20. The third-order valence-electron chi connectivity index (χ3n) is 2.80. The van der Waals surface area contributed by atoms with Gasteiger partial charge < -0.3 is 5.32 Å². The lowest BCUT2D eigenvalue weighted by molar-refractivity contribution is 0.735. The average molecular weight is 245 g/mol. The Kier molecular flexibility index (Phi) is 3.97. The fourth-order valence-corrected chi connectivity index (χ4v) is 3.09. The minimum absolute atomic E-state index is 0.980. The summed E-state index contributed by atoms with van der Waals surface area (Å²) in [6.45, 7) is 8.49. The van der Waals surface area contributed by atoms with Crippen LogP contribution in [0.2, 0.25) is 0 Å². The van der Waals surface area contributed by atoms with Gasteiger partial charge in [-0.05, 0) is 37.6 Å². The third kappa shape index (κ3) is 2.96. The molecule has 2 rings (SSSR count). The van der Waals surface area contributed by atoms with Gasteiger partial charge in [-0.25, -0.2) is 0 Å². The smallest absolute Gasteiger partial charge is 0.0375 e. The maximum Gasteiger partial charge on any atom is 0.0375 e. The molecule has 0 atom stereocenters. The van der Waals surface area contributed by atoms with E-state index in [9.17, 15) is 0 Å².